The highest BCUT2D eigenvalue weighted by atomic mass is 19.4. The summed E-state index contributed by atoms with van der Waals surface area (Å²) in [5.41, 5.74) is -2.06. The predicted molar refractivity (Wildman–Crippen MR) is 89.4 cm³/mol. The Bertz CT molecular complexity index is 794. The highest BCUT2D eigenvalue weighted by molar-refractivity contribution is 5.95. The summed E-state index contributed by atoms with van der Waals surface area (Å²) in [5.74, 6) is -1.33. The lowest BCUT2D eigenvalue weighted by atomic mass is 9.84. The zero-order valence-corrected chi connectivity index (χ0v) is 15.0. The summed E-state index contributed by atoms with van der Waals surface area (Å²) in [6.07, 6.45) is -3.80. The standard InChI is InChI=1S/C18H21F4N3O/c1-11(2)25-15(18(20,21)22)12(9-24-25)16(26)23-10-17(3,4)13-7-5-6-8-14(13)19/h5-9,11H,10H2,1-4H3,(H,23,26). The molecule has 0 aliphatic carbocycles. The highest BCUT2D eigenvalue weighted by Crippen LogP contribution is 2.33. The second-order valence-electron chi connectivity index (χ2n) is 6.99. The summed E-state index contributed by atoms with van der Waals surface area (Å²) in [7, 11) is 0. The van der Waals surface area contributed by atoms with Crippen molar-refractivity contribution in [2.45, 2.75) is 45.3 Å². The lowest BCUT2D eigenvalue weighted by Gasteiger charge is -2.26. The van der Waals surface area contributed by atoms with Gasteiger partial charge in [0.2, 0.25) is 0 Å². The van der Waals surface area contributed by atoms with E-state index in [1.807, 2.05) is 0 Å². The molecule has 26 heavy (non-hydrogen) atoms. The van der Waals surface area contributed by atoms with E-state index in [1.165, 1.54) is 6.07 Å². The summed E-state index contributed by atoms with van der Waals surface area (Å²) in [4.78, 5) is 12.4. The molecule has 0 atom stereocenters. The Labute approximate surface area is 149 Å². The number of benzene rings is 1. The lowest BCUT2D eigenvalue weighted by Crippen LogP contribution is -2.38. The topological polar surface area (TPSA) is 46.9 Å². The Morgan fingerprint density at radius 3 is 2.38 bits per heavy atom. The first kappa shape index (κ1) is 19.9. The molecule has 4 nitrogen and oxygen atoms in total. The van der Waals surface area contributed by atoms with E-state index in [-0.39, 0.29) is 6.54 Å². The maximum atomic E-state index is 14.0. The molecule has 0 saturated carbocycles. The van der Waals surface area contributed by atoms with Crippen LogP contribution in [0, 0.1) is 5.82 Å². The van der Waals surface area contributed by atoms with Gasteiger partial charge in [0.15, 0.2) is 5.69 Å². The molecule has 2 rings (SSSR count). The first-order chi connectivity index (χ1) is 11.9. The molecule has 0 bridgehead atoms. The number of carbonyl (C=O) groups excluding carboxylic acids is 1. The third-order valence-electron chi connectivity index (χ3n) is 4.09. The van der Waals surface area contributed by atoms with Crippen LogP contribution in [-0.4, -0.2) is 22.2 Å². The van der Waals surface area contributed by atoms with Crippen LogP contribution < -0.4 is 5.32 Å². The Morgan fingerprint density at radius 2 is 1.85 bits per heavy atom. The monoisotopic (exact) mass is 371 g/mol. The third kappa shape index (κ3) is 4.05. The minimum atomic E-state index is -4.71. The molecule has 142 valence electrons. The van der Waals surface area contributed by atoms with Gasteiger partial charge >= 0.3 is 6.18 Å². The number of rotatable bonds is 5. The molecular weight excluding hydrogens is 350 g/mol. The minimum Gasteiger partial charge on any atom is -0.351 e. The Balaban J connectivity index is 2.25. The fraction of sp³-hybridized carbons (Fsp3) is 0.444. The summed E-state index contributed by atoms with van der Waals surface area (Å²) in [6, 6.07) is 5.54. The third-order valence-corrected chi connectivity index (χ3v) is 4.09. The van der Waals surface area contributed by atoms with Gasteiger partial charge in [-0.2, -0.15) is 18.3 Å². The van der Waals surface area contributed by atoms with Gasteiger partial charge in [-0.1, -0.05) is 32.0 Å². The summed E-state index contributed by atoms with van der Waals surface area (Å²) in [5, 5.41) is 6.17. The number of hydrogen-bond donors (Lipinski definition) is 1. The number of nitrogens with one attached hydrogen (secondary N) is 1. The molecule has 2 aromatic rings. The van der Waals surface area contributed by atoms with Crippen LogP contribution in [-0.2, 0) is 11.6 Å². The maximum Gasteiger partial charge on any atom is 0.433 e. The second-order valence-corrected chi connectivity index (χ2v) is 6.99. The predicted octanol–water partition coefficient (Wildman–Crippen LogP) is 4.33. The van der Waals surface area contributed by atoms with E-state index in [1.54, 1.807) is 45.9 Å². The van der Waals surface area contributed by atoms with Gasteiger partial charge in [-0.05, 0) is 25.5 Å². The van der Waals surface area contributed by atoms with Crippen LogP contribution in [0.15, 0.2) is 30.5 Å². The summed E-state index contributed by atoms with van der Waals surface area (Å²) >= 11 is 0. The van der Waals surface area contributed by atoms with Gasteiger partial charge in [0.05, 0.1) is 11.8 Å². The van der Waals surface area contributed by atoms with Crippen molar-refractivity contribution in [3.8, 4) is 0 Å². The van der Waals surface area contributed by atoms with Crippen LogP contribution in [0.3, 0.4) is 0 Å². The van der Waals surface area contributed by atoms with E-state index in [2.05, 4.69) is 10.4 Å². The van der Waals surface area contributed by atoms with Gasteiger partial charge in [-0.15, -0.1) is 0 Å². The first-order valence-electron chi connectivity index (χ1n) is 8.13. The van der Waals surface area contributed by atoms with E-state index in [4.69, 9.17) is 0 Å². The molecule has 1 heterocycles. The van der Waals surface area contributed by atoms with Crippen LogP contribution in [0.25, 0.3) is 0 Å². The quantitative estimate of drug-likeness (QED) is 0.796. The first-order valence-corrected chi connectivity index (χ1v) is 8.13. The van der Waals surface area contributed by atoms with E-state index in [9.17, 15) is 22.4 Å². The number of amides is 1. The largest absolute Gasteiger partial charge is 0.433 e. The molecule has 0 unspecified atom stereocenters. The highest BCUT2D eigenvalue weighted by Gasteiger charge is 2.40. The summed E-state index contributed by atoms with van der Waals surface area (Å²) in [6.45, 7) is 6.47. The zero-order valence-electron chi connectivity index (χ0n) is 15.0. The zero-order chi connectivity index (χ0) is 19.7. The van der Waals surface area contributed by atoms with Crippen LogP contribution in [0.1, 0.15) is 55.4 Å². The molecule has 1 N–H and O–H groups in total. The molecule has 1 aromatic carbocycles. The van der Waals surface area contributed by atoms with E-state index in [0.717, 1.165) is 10.9 Å². The number of hydrogen-bond acceptors (Lipinski definition) is 2. The van der Waals surface area contributed by atoms with E-state index < -0.39 is 40.6 Å². The second kappa shape index (κ2) is 7.09. The van der Waals surface area contributed by atoms with Crippen LogP contribution in [0.2, 0.25) is 0 Å². The minimum absolute atomic E-state index is 0.0308. The fourth-order valence-electron chi connectivity index (χ4n) is 2.70. The Hall–Kier alpha value is -2.38. The normalized spacial score (nSPS) is 12.5. The van der Waals surface area contributed by atoms with Crippen molar-refractivity contribution in [1.82, 2.24) is 15.1 Å². The molecule has 1 amide bonds. The van der Waals surface area contributed by atoms with Gasteiger partial charge < -0.3 is 5.32 Å². The summed E-state index contributed by atoms with van der Waals surface area (Å²) < 4.78 is 54.8. The van der Waals surface area contributed by atoms with Crippen molar-refractivity contribution in [2.24, 2.45) is 0 Å². The SMILES string of the molecule is CC(C)n1ncc(C(=O)NCC(C)(C)c2ccccc2F)c1C(F)(F)F. The van der Waals surface area contributed by atoms with E-state index in [0.29, 0.717) is 5.56 Å². The molecule has 0 aliphatic rings. The van der Waals surface area contributed by atoms with Gasteiger partial charge in [-0.25, -0.2) is 4.39 Å². The van der Waals surface area contributed by atoms with Crippen LogP contribution >= 0.6 is 0 Å². The molecule has 0 spiro atoms. The average molecular weight is 371 g/mol. The smallest absolute Gasteiger partial charge is 0.351 e. The molecule has 0 aliphatic heterocycles. The molecule has 0 radical (unpaired) electrons. The molecule has 0 fully saturated rings. The van der Waals surface area contributed by atoms with E-state index >= 15 is 0 Å². The average Bonchev–Trinajstić information content (AvgIpc) is 2.98. The number of aromatic nitrogens is 2. The van der Waals surface area contributed by atoms with Crippen LogP contribution in [0.5, 0.6) is 0 Å². The van der Waals surface area contributed by atoms with Crippen molar-refractivity contribution >= 4 is 5.91 Å². The van der Waals surface area contributed by atoms with Crippen molar-refractivity contribution < 1.29 is 22.4 Å². The van der Waals surface area contributed by atoms with Gasteiger partial charge in [0, 0.05) is 18.0 Å². The van der Waals surface area contributed by atoms with Crippen molar-refractivity contribution in [3.05, 3.63) is 53.1 Å². The molecular formula is C18H21F4N3O. The fourth-order valence-corrected chi connectivity index (χ4v) is 2.70. The van der Waals surface area contributed by atoms with Crippen molar-refractivity contribution in [1.29, 1.82) is 0 Å². The van der Waals surface area contributed by atoms with Crippen LogP contribution in [0.4, 0.5) is 17.6 Å². The molecule has 0 saturated heterocycles. The maximum absolute atomic E-state index is 14.0. The number of halogens is 4. The lowest BCUT2D eigenvalue weighted by molar-refractivity contribution is -0.145. The van der Waals surface area contributed by atoms with Gasteiger partial charge in [-0.3, -0.25) is 9.48 Å². The van der Waals surface area contributed by atoms with Gasteiger partial charge in [0.1, 0.15) is 5.82 Å². The Morgan fingerprint density at radius 1 is 1.23 bits per heavy atom. The number of carbonyl (C=O) groups is 1. The van der Waals surface area contributed by atoms with Crippen molar-refractivity contribution in [3.63, 3.8) is 0 Å². The van der Waals surface area contributed by atoms with Crippen molar-refractivity contribution in [2.75, 3.05) is 6.54 Å². The van der Waals surface area contributed by atoms with Gasteiger partial charge in [0.25, 0.3) is 5.91 Å². The number of alkyl halides is 3. The Kier molecular flexibility index (Phi) is 5.44. The molecule has 1 aromatic heterocycles. The number of nitrogens with zero attached hydrogens (tertiary/aromatic N) is 2. The molecule has 8 heteroatoms.